The third-order valence-electron chi connectivity index (χ3n) is 2.56. The summed E-state index contributed by atoms with van der Waals surface area (Å²) >= 11 is 2.19. The monoisotopic (exact) mass is 372 g/mol. The van der Waals surface area contributed by atoms with Crippen LogP contribution in [-0.2, 0) is 16.1 Å². The van der Waals surface area contributed by atoms with Crippen LogP contribution in [0.25, 0.3) is 10.9 Å². The lowest BCUT2D eigenvalue weighted by atomic mass is 10.2. The van der Waals surface area contributed by atoms with Crippen LogP contribution in [0.15, 0.2) is 18.2 Å². The maximum atomic E-state index is 11.9. The first-order chi connectivity index (χ1) is 8.76. The van der Waals surface area contributed by atoms with Gasteiger partial charge in [0.25, 0.3) is 0 Å². The maximum Gasteiger partial charge on any atom is 0.328 e. The molecule has 0 saturated heterocycles. The molecule has 0 saturated carbocycles. The molecular formula is C14H17IN2O2. The Hall–Kier alpha value is -1.11. The van der Waals surface area contributed by atoms with E-state index in [2.05, 4.69) is 33.8 Å². The lowest BCUT2D eigenvalue weighted by Crippen LogP contribution is -2.26. The lowest BCUT2D eigenvalue weighted by molar-refractivity contribution is -0.155. The van der Waals surface area contributed by atoms with E-state index >= 15 is 0 Å². The van der Waals surface area contributed by atoms with E-state index in [0.29, 0.717) is 0 Å². The Morgan fingerprint density at radius 2 is 2.11 bits per heavy atom. The molecule has 0 aliphatic carbocycles. The van der Waals surface area contributed by atoms with Gasteiger partial charge in [0.2, 0.25) is 0 Å². The number of carbonyl (C=O) groups is 1. The van der Waals surface area contributed by atoms with Gasteiger partial charge in [-0.15, -0.1) is 0 Å². The van der Waals surface area contributed by atoms with Crippen LogP contribution in [0.5, 0.6) is 0 Å². The highest BCUT2D eigenvalue weighted by Gasteiger charge is 2.18. The molecule has 1 aromatic carbocycles. The molecule has 0 amide bonds. The van der Waals surface area contributed by atoms with E-state index in [4.69, 9.17) is 4.74 Å². The average Bonchev–Trinajstić information content (AvgIpc) is 2.52. The zero-order chi connectivity index (χ0) is 14.2. The third-order valence-corrected chi connectivity index (χ3v) is 3.36. The summed E-state index contributed by atoms with van der Waals surface area (Å²) < 4.78 is 7.92. The van der Waals surface area contributed by atoms with Crippen LogP contribution in [-0.4, -0.2) is 21.4 Å². The van der Waals surface area contributed by atoms with Crippen molar-refractivity contribution >= 4 is 39.5 Å². The first-order valence-corrected chi connectivity index (χ1v) is 7.19. The number of rotatable bonds is 2. The van der Waals surface area contributed by atoms with Crippen LogP contribution in [0, 0.1) is 10.6 Å². The quantitative estimate of drug-likeness (QED) is 0.600. The van der Waals surface area contributed by atoms with Crippen LogP contribution < -0.4 is 0 Å². The molecule has 5 heteroatoms. The van der Waals surface area contributed by atoms with Crippen LogP contribution in [0.2, 0.25) is 0 Å². The molecule has 0 N–H and O–H groups in total. The number of nitrogens with zero attached hydrogens (tertiary/aromatic N) is 2. The van der Waals surface area contributed by atoms with E-state index in [1.54, 1.807) is 4.68 Å². The largest absolute Gasteiger partial charge is 0.459 e. The Bertz CT molecular complexity index is 626. The highest BCUT2D eigenvalue weighted by Crippen LogP contribution is 2.21. The highest BCUT2D eigenvalue weighted by atomic mass is 127. The van der Waals surface area contributed by atoms with Crippen molar-refractivity contribution in [2.24, 2.45) is 0 Å². The van der Waals surface area contributed by atoms with E-state index in [1.165, 1.54) is 5.56 Å². The normalized spacial score (nSPS) is 11.8. The van der Waals surface area contributed by atoms with Crippen molar-refractivity contribution in [1.82, 2.24) is 9.78 Å². The predicted octanol–water partition coefficient (Wildman–Crippen LogP) is 3.29. The summed E-state index contributed by atoms with van der Waals surface area (Å²) in [6, 6.07) is 6.09. The molecule has 1 heterocycles. The van der Waals surface area contributed by atoms with Gasteiger partial charge in [-0.05, 0) is 62.4 Å². The number of aromatic nitrogens is 2. The van der Waals surface area contributed by atoms with Crippen molar-refractivity contribution in [3.63, 3.8) is 0 Å². The van der Waals surface area contributed by atoms with Gasteiger partial charge in [0.05, 0.1) is 5.52 Å². The van der Waals surface area contributed by atoms with Gasteiger partial charge in [0.1, 0.15) is 15.8 Å². The molecule has 0 spiro atoms. The zero-order valence-electron chi connectivity index (χ0n) is 11.5. The van der Waals surface area contributed by atoms with E-state index < -0.39 is 5.60 Å². The topological polar surface area (TPSA) is 44.1 Å². The number of halogens is 1. The molecule has 102 valence electrons. The van der Waals surface area contributed by atoms with Gasteiger partial charge in [-0.25, -0.2) is 0 Å². The number of ether oxygens (including phenoxy) is 1. The standard InChI is InChI=1S/C14H17IN2O2/c1-9-5-6-11-10(7-9)13(15)16-17(11)8-12(18)19-14(2,3)4/h5-7H,8H2,1-4H3. The van der Waals surface area contributed by atoms with E-state index in [-0.39, 0.29) is 12.5 Å². The molecule has 0 radical (unpaired) electrons. The number of benzene rings is 1. The van der Waals surface area contributed by atoms with Crippen molar-refractivity contribution in [3.05, 3.63) is 27.5 Å². The van der Waals surface area contributed by atoms with Crippen molar-refractivity contribution in [1.29, 1.82) is 0 Å². The zero-order valence-corrected chi connectivity index (χ0v) is 13.7. The average molecular weight is 372 g/mol. The van der Waals surface area contributed by atoms with Crippen LogP contribution in [0.1, 0.15) is 26.3 Å². The van der Waals surface area contributed by atoms with Crippen LogP contribution in [0.3, 0.4) is 0 Å². The fourth-order valence-corrected chi connectivity index (χ4v) is 2.56. The number of carbonyl (C=O) groups excluding carboxylic acids is 1. The summed E-state index contributed by atoms with van der Waals surface area (Å²) in [6.45, 7) is 7.76. The van der Waals surface area contributed by atoms with Gasteiger partial charge < -0.3 is 4.74 Å². The summed E-state index contributed by atoms with van der Waals surface area (Å²) in [5.41, 5.74) is 1.67. The Morgan fingerprint density at radius 1 is 1.42 bits per heavy atom. The number of hydrogen-bond acceptors (Lipinski definition) is 3. The van der Waals surface area contributed by atoms with Crippen molar-refractivity contribution < 1.29 is 9.53 Å². The van der Waals surface area contributed by atoms with Gasteiger partial charge >= 0.3 is 5.97 Å². The molecule has 1 aromatic heterocycles. The molecular weight excluding hydrogens is 355 g/mol. The van der Waals surface area contributed by atoms with Gasteiger partial charge in [-0.3, -0.25) is 9.48 Å². The molecule has 2 rings (SSSR count). The second kappa shape index (κ2) is 5.11. The Balaban J connectivity index is 2.29. The second-order valence-electron chi connectivity index (χ2n) is 5.56. The summed E-state index contributed by atoms with van der Waals surface area (Å²) in [5, 5.41) is 5.48. The summed E-state index contributed by atoms with van der Waals surface area (Å²) in [5.74, 6) is -0.270. The SMILES string of the molecule is Cc1ccc2c(c1)c(I)nn2CC(=O)OC(C)(C)C. The molecule has 0 unspecified atom stereocenters. The first kappa shape index (κ1) is 14.3. The molecule has 19 heavy (non-hydrogen) atoms. The van der Waals surface area contributed by atoms with Crippen molar-refractivity contribution in [3.8, 4) is 0 Å². The highest BCUT2D eigenvalue weighted by molar-refractivity contribution is 14.1. The van der Waals surface area contributed by atoms with Crippen molar-refractivity contribution in [2.75, 3.05) is 0 Å². The smallest absolute Gasteiger partial charge is 0.328 e. The van der Waals surface area contributed by atoms with E-state index in [1.807, 2.05) is 39.8 Å². The fourth-order valence-electron chi connectivity index (χ4n) is 1.87. The Kier molecular flexibility index (Phi) is 3.85. The van der Waals surface area contributed by atoms with Crippen LogP contribution in [0.4, 0.5) is 0 Å². The second-order valence-corrected chi connectivity index (χ2v) is 6.58. The number of esters is 1. The molecule has 0 bridgehead atoms. The maximum absolute atomic E-state index is 11.9. The lowest BCUT2D eigenvalue weighted by Gasteiger charge is -2.19. The first-order valence-electron chi connectivity index (χ1n) is 6.11. The summed E-state index contributed by atoms with van der Waals surface area (Å²) in [6.07, 6.45) is 0. The minimum atomic E-state index is -0.468. The van der Waals surface area contributed by atoms with Gasteiger partial charge in [-0.2, -0.15) is 5.10 Å². The van der Waals surface area contributed by atoms with E-state index in [0.717, 1.165) is 14.6 Å². The van der Waals surface area contributed by atoms with Crippen LogP contribution >= 0.6 is 22.6 Å². The Morgan fingerprint density at radius 3 is 2.74 bits per heavy atom. The molecule has 0 atom stereocenters. The molecule has 0 aliphatic rings. The predicted molar refractivity (Wildman–Crippen MR) is 83.0 cm³/mol. The summed E-state index contributed by atoms with van der Waals surface area (Å²) in [7, 11) is 0. The summed E-state index contributed by atoms with van der Waals surface area (Å²) in [4.78, 5) is 11.9. The molecule has 0 aliphatic heterocycles. The number of aryl methyl sites for hydroxylation is 1. The number of fused-ring (bicyclic) bond motifs is 1. The van der Waals surface area contributed by atoms with Gasteiger partial charge in [-0.1, -0.05) is 11.6 Å². The fraction of sp³-hybridized carbons (Fsp3) is 0.429. The number of hydrogen-bond donors (Lipinski definition) is 0. The van der Waals surface area contributed by atoms with Gasteiger partial charge in [0.15, 0.2) is 0 Å². The molecule has 4 nitrogen and oxygen atoms in total. The minimum absolute atomic E-state index is 0.139. The van der Waals surface area contributed by atoms with Gasteiger partial charge in [0, 0.05) is 5.39 Å². The van der Waals surface area contributed by atoms with Crippen molar-refractivity contribution in [2.45, 2.75) is 39.8 Å². The molecule has 2 aromatic rings. The minimum Gasteiger partial charge on any atom is -0.459 e. The van der Waals surface area contributed by atoms with E-state index in [9.17, 15) is 4.79 Å². The Labute approximate surface area is 126 Å². The third kappa shape index (κ3) is 3.46. The molecule has 0 fully saturated rings.